The highest BCUT2D eigenvalue weighted by Crippen LogP contribution is 2.49. The first-order valence-electron chi connectivity index (χ1n) is 13.7. The lowest BCUT2D eigenvalue weighted by Crippen LogP contribution is -2.34. The molecule has 0 radical (unpaired) electrons. The van der Waals surface area contributed by atoms with E-state index in [0.717, 1.165) is 25.7 Å². The zero-order valence-electron chi connectivity index (χ0n) is 22.7. The van der Waals surface area contributed by atoms with Crippen molar-refractivity contribution >= 4 is 11.8 Å². The lowest BCUT2D eigenvalue weighted by atomic mass is 9.70. The number of allylic oxidation sites excluding steroid dienone is 1. The van der Waals surface area contributed by atoms with Gasteiger partial charge in [-0.1, -0.05) is 142 Å². The molecule has 0 aromatic heterocycles. The Morgan fingerprint density at radius 3 is 1.84 bits per heavy atom. The molecule has 0 spiro atoms. The molecule has 4 aromatic carbocycles. The maximum absolute atomic E-state index is 4.86. The summed E-state index contributed by atoms with van der Waals surface area (Å²) < 4.78 is 0. The largest absolute Gasteiger partial charge is 0.291 e. The number of benzene rings is 4. The molecule has 0 aliphatic heterocycles. The molecule has 2 aliphatic rings. The average molecular weight is 486 g/mol. The smallest absolute Gasteiger partial charge is 0.0529 e. The van der Waals surface area contributed by atoms with Gasteiger partial charge in [0.15, 0.2) is 0 Å². The lowest BCUT2D eigenvalue weighted by molar-refractivity contribution is 0.503. The Hall–Kier alpha value is -3.71. The average Bonchev–Trinajstić information content (AvgIpc) is 3.55. The normalized spacial score (nSPS) is 18.1. The van der Waals surface area contributed by atoms with Crippen molar-refractivity contribution in [1.82, 2.24) is 0 Å². The number of aryl methyl sites for hydroxylation is 1. The van der Waals surface area contributed by atoms with Crippen molar-refractivity contribution in [2.45, 2.75) is 46.5 Å². The van der Waals surface area contributed by atoms with Gasteiger partial charge in [0.05, 0.1) is 5.71 Å². The van der Waals surface area contributed by atoms with E-state index in [0.29, 0.717) is 0 Å². The first-order chi connectivity index (χ1) is 18.2. The maximum atomic E-state index is 4.86. The van der Waals surface area contributed by atoms with E-state index in [-0.39, 0.29) is 5.41 Å². The van der Waals surface area contributed by atoms with Gasteiger partial charge in [-0.2, -0.15) is 0 Å². The fraction of sp³-hybridized carbons (Fsp3) is 0.250. The molecule has 2 aliphatic carbocycles. The zero-order chi connectivity index (χ0) is 26.1. The van der Waals surface area contributed by atoms with Crippen LogP contribution in [-0.2, 0) is 25.7 Å². The molecule has 1 atom stereocenters. The minimum Gasteiger partial charge on any atom is -0.291 e. The van der Waals surface area contributed by atoms with Crippen molar-refractivity contribution in [2.75, 3.05) is 7.05 Å². The third-order valence-corrected chi connectivity index (χ3v) is 7.42. The van der Waals surface area contributed by atoms with Crippen LogP contribution >= 0.6 is 0 Å². The van der Waals surface area contributed by atoms with E-state index in [1.54, 1.807) is 0 Å². The molecule has 4 aromatic rings. The monoisotopic (exact) mass is 485 g/mol. The quantitative estimate of drug-likeness (QED) is 0.274. The minimum atomic E-state index is -0.0567. The second-order valence-corrected chi connectivity index (χ2v) is 9.53. The summed E-state index contributed by atoms with van der Waals surface area (Å²) in [7, 11) is 1.96. The molecule has 188 valence electrons. The summed E-state index contributed by atoms with van der Waals surface area (Å²) in [5, 5.41) is 0. The zero-order valence-corrected chi connectivity index (χ0v) is 22.7. The molecule has 0 saturated carbocycles. The molecule has 0 fully saturated rings. The molecule has 37 heavy (non-hydrogen) atoms. The molecule has 1 nitrogen and oxygen atoms in total. The summed E-state index contributed by atoms with van der Waals surface area (Å²) in [6.07, 6.45) is 6.62. The van der Waals surface area contributed by atoms with Gasteiger partial charge in [0.2, 0.25) is 0 Å². The molecule has 0 heterocycles. The first kappa shape index (κ1) is 26.4. The number of hydrogen-bond donors (Lipinski definition) is 0. The first-order valence-corrected chi connectivity index (χ1v) is 13.7. The topological polar surface area (TPSA) is 12.4 Å². The van der Waals surface area contributed by atoms with Gasteiger partial charge in [0.25, 0.3) is 0 Å². The van der Waals surface area contributed by atoms with Gasteiger partial charge >= 0.3 is 0 Å². The predicted octanol–water partition coefficient (Wildman–Crippen LogP) is 8.81. The summed E-state index contributed by atoms with van der Waals surface area (Å²) in [6, 6.07) is 38.9. The van der Waals surface area contributed by atoms with Gasteiger partial charge in [-0.3, -0.25) is 4.99 Å². The Kier molecular flexibility index (Phi) is 8.90. The van der Waals surface area contributed by atoms with Gasteiger partial charge < -0.3 is 0 Å². The van der Waals surface area contributed by atoms with E-state index in [9.17, 15) is 0 Å². The lowest BCUT2D eigenvalue weighted by Gasteiger charge is -2.32. The Labute approximate surface area is 223 Å². The highest BCUT2D eigenvalue weighted by Gasteiger charge is 2.46. The van der Waals surface area contributed by atoms with Crippen molar-refractivity contribution in [3.05, 3.63) is 148 Å². The second-order valence-electron chi connectivity index (χ2n) is 9.53. The molecule has 0 saturated heterocycles. The predicted molar refractivity (Wildman–Crippen MR) is 160 cm³/mol. The van der Waals surface area contributed by atoms with Gasteiger partial charge in [0.1, 0.15) is 0 Å². The van der Waals surface area contributed by atoms with Crippen molar-refractivity contribution in [1.29, 1.82) is 0 Å². The van der Waals surface area contributed by atoms with Crippen LogP contribution in [0.4, 0.5) is 0 Å². The third-order valence-electron chi connectivity index (χ3n) is 7.42. The van der Waals surface area contributed by atoms with Crippen LogP contribution in [0.2, 0.25) is 0 Å². The Balaban J connectivity index is 0.000000272. The van der Waals surface area contributed by atoms with Crippen LogP contribution in [0.15, 0.2) is 120 Å². The van der Waals surface area contributed by atoms with Crippen LogP contribution in [-0.4, -0.2) is 12.8 Å². The van der Waals surface area contributed by atoms with Crippen LogP contribution in [0.5, 0.6) is 0 Å². The molecular formula is C36H39N. The number of nitrogens with zero attached hydrogens (tertiary/aromatic N) is 1. The molecular weight excluding hydrogens is 446 g/mol. The van der Waals surface area contributed by atoms with Gasteiger partial charge in [-0.25, -0.2) is 0 Å². The Bertz CT molecular complexity index is 1350. The number of aliphatic imine (C=N–C) groups is 1. The van der Waals surface area contributed by atoms with E-state index >= 15 is 0 Å². The fourth-order valence-corrected chi connectivity index (χ4v) is 5.68. The van der Waals surface area contributed by atoms with Crippen LogP contribution < -0.4 is 0 Å². The summed E-state index contributed by atoms with van der Waals surface area (Å²) >= 11 is 0. The fourth-order valence-electron chi connectivity index (χ4n) is 5.68. The van der Waals surface area contributed by atoms with Crippen molar-refractivity contribution in [2.24, 2.45) is 10.4 Å². The number of rotatable bonds is 4. The van der Waals surface area contributed by atoms with E-state index in [1.165, 1.54) is 44.7 Å². The standard InChI is InChI=1S/C26H23N.C8H10.C2H6/c1-27-25-24-14-8-7-13-22(24)18-26(25,17-19-9-3-2-4-10-19)23-15-20-11-5-6-12-21(20)16-23;1-2-8-6-4-3-5-7-8;1-2/h2-15H,16-18H2,1H3;3-7H,2H2,1H3;1-2H3. The van der Waals surface area contributed by atoms with E-state index in [4.69, 9.17) is 4.99 Å². The number of fused-ring (bicyclic) bond motifs is 2. The molecule has 0 bridgehead atoms. The van der Waals surface area contributed by atoms with Crippen LogP contribution in [0.1, 0.15) is 54.2 Å². The molecule has 1 unspecified atom stereocenters. The highest BCUT2D eigenvalue weighted by molar-refractivity contribution is 6.11. The summed E-state index contributed by atoms with van der Waals surface area (Å²) in [6.45, 7) is 6.16. The van der Waals surface area contributed by atoms with Gasteiger partial charge in [0, 0.05) is 12.5 Å². The molecule has 0 N–H and O–H groups in total. The van der Waals surface area contributed by atoms with Crippen molar-refractivity contribution < 1.29 is 0 Å². The second kappa shape index (κ2) is 12.5. The minimum absolute atomic E-state index is 0.0567. The summed E-state index contributed by atoms with van der Waals surface area (Å²) in [5.74, 6) is 0. The van der Waals surface area contributed by atoms with E-state index in [2.05, 4.69) is 116 Å². The van der Waals surface area contributed by atoms with Crippen LogP contribution in [0, 0.1) is 5.41 Å². The van der Waals surface area contributed by atoms with Crippen LogP contribution in [0.25, 0.3) is 6.08 Å². The summed E-state index contributed by atoms with van der Waals surface area (Å²) in [5.41, 5.74) is 11.0. The molecule has 1 heteroatoms. The van der Waals surface area contributed by atoms with Crippen molar-refractivity contribution in [3.63, 3.8) is 0 Å². The highest BCUT2D eigenvalue weighted by atomic mass is 14.7. The maximum Gasteiger partial charge on any atom is 0.0529 e. The molecule has 6 rings (SSSR count). The van der Waals surface area contributed by atoms with Gasteiger partial charge in [-0.15, -0.1) is 0 Å². The van der Waals surface area contributed by atoms with Crippen molar-refractivity contribution in [3.8, 4) is 0 Å². The van der Waals surface area contributed by atoms with Crippen LogP contribution in [0.3, 0.4) is 0 Å². The SMILES string of the molecule is CC.CCc1ccccc1.CN=C1c2ccccc2CC1(Cc1ccccc1)C1=Cc2ccccc2C1. The Morgan fingerprint density at radius 2 is 1.24 bits per heavy atom. The van der Waals surface area contributed by atoms with Gasteiger partial charge in [-0.05, 0) is 59.1 Å². The Morgan fingerprint density at radius 1 is 0.676 bits per heavy atom. The van der Waals surface area contributed by atoms with E-state index < -0.39 is 0 Å². The molecule has 0 amide bonds. The van der Waals surface area contributed by atoms with E-state index in [1.807, 2.05) is 27.0 Å². The number of hydrogen-bond acceptors (Lipinski definition) is 1. The third kappa shape index (κ3) is 5.67. The summed E-state index contributed by atoms with van der Waals surface area (Å²) in [4.78, 5) is 4.86.